The summed E-state index contributed by atoms with van der Waals surface area (Å²) in [6.45, 7) is 0.307. The number of rotatable bonds is 12. The normalized spacial score (nSPS) is 11.3. The lowest BCUT2D eigenvalue weighted by atomic mass is 10.0. The molecular formula is C32H31NO7. The summed E-state index contributed by atoms with van der Waals surface area (Å²) in [5, 5.41) is 12.2. The van der Waals surface area contributed by atoms with Gasteiger partial charge in [-0.2, -0.15) is 0 Å². The number of methoxy groups -OCH3 is 3. The minimum atomic E-state index is -1.08. The van der Waals surface area contributed by atoms with Gasteiger partial charge in [-0.15, -0.1) is 0 Å². The summed E-state index contributed by atoms with van der Waals surface area (Å²) in [5.41, 5.74) is 3.93. The molecule has 1 amide bonds. The van der Waals surface area contributed by atoms with Crippen molar-refractivity contribution in [1.82, 2.24) is 5.32 Å². The van der Waals surface area contributed by atoms with Crippen molar-refractivity contribution in [1.29, 1.82) is 0 Å². The van der Waals surface area contributed by atoms with Crippen LogP contribution in [0.15, 0.2) is 91.0 Å². The van der Waals surface area contributed by atoms with E-state index in [1.807, 2.05) is 78.9 Å². The SMILES string of the molecule is COc1cc(COc2ccc(-c3ccc(C(=O)NC(Cc4ccccc4)C(=O)O)cc3)cc2)cc(OC)c1OC. The zero-order valence-corrected chi connectivity index (χ0v) is 22.5. The molecule has 0 saturated carbocycles. The molecule has 4 aromatic carbocycles. The molecule has 0 bridgehead atoms. The Balaban J connectivity index is 1.38. The molecule has 1 unspecified atom stereocenters. The monoisotopic (exact) mass is 541 g/mol. The molecule has 206 valence electrons. The number of nitrogens with one attached hydrogen (secondary N) is 1. The average molecular weight is 542 g/mol. The smallest absolute Gasteiger partial charge is 0.326 e. The second-order valence-corrected chi connectivity index (χ2v) is 8.98. The van der Waals surface area contributed by atoms with E-state index in [1.165, 1.54) is 0 Å². The first-order valence-electron chi connectivity index (χ1n) is 12.6. The maximum atomic E-state index is 12.7. The predicted octanol–water partition coefficient (Wildman–Crippen LogP) is 5.38. The highest BCUT2D eigenvalue weighted by Gasteiger charge is 2.21. The summed E-state index contributed by atoms with van der Waals surface area (Å²) in [4.78, 5) is 24.4. The van der Waals surface area contributed by atoms with Gasteiger partial charge in [0.05, 0.1) is 21.3 Å². The highest BCUT2D eigenvalue weighted by Crippen LogP contribution is 2.38. The third kappa shape index (κ3) is 6.91. The van der Waals surface area contributed by atoms with E-state index in [9.17, 15) is 14.7 Å². The maximum Gasteiger partial charge on any atom is 0.326 e. The van der Waals surface area contributed by atoms with Gasteiger partial charge in [-0.05, 0) is 58.7 Å². The fourth-order valence-corrected chi connectivity index (χ4v) is 4.23. The van der Waals surface area contributed by atoms with Crippen molar-refractivity contribution in [3.05, 3.63) is 108 Å². The molecule has 0 saturated heterocycles. The van der Waals surface area contributed by atoms with Gasteiger partial charge in [-0.3, -0.25) is 4.79 Å². The number of carboxylic acid groups (broad SMARTS) is 1. The number of benzene rings is 4. The van der Waals surface area contributed by atoms with Gasteiger partial charge in [0, 0.05) is 12.0 Å². The lowest BCUT2D eigenvalue weighted by molar-refractivity contribution is -0.139. The van der Waals surface area contributed by atoms with E-state index < -0.39 is 17.9 Å². The van der Waals surface area contributed by atoms with Crippen molar-refractivity contribution in [3.8, 4) is 34.1 Å². The third-order valence-electron chi connectivity index (χ3n) is 6.35. The second kappa shape index (κ2) is 13.2. The summed E-state index contributed by atoms with van der Waals surface area (Å²) >= 11 is 0. The molecule has 0 aliphatic carbocycles. The number of ether oxygens (including phenoxy) is 4. The lowest BCUT2D eigenvalue weighted by Gasteiger charge is -2.15. The van der Waals surface area contributed by atoms with E-state index in [4.69, 9.17) is 18.9 Å². The number of aliphatic carboxylic acids is 1. The van der Waals surface area contributed by atoms with E-state index in [-0.39, 0.29) is 6.42 Å². The summed E-state index contributed by atoms with van der Waals surface area (Å²) in [6, 6.07) is 26.5. The van der Waals surface area contributed by atoms with E-state index in [0.29, 0.717) is 35.2 Å². The number of carbonyl (C=O) groups is 2. The number of hydrogen-bond donors (Lipinski definition) is 2. The van der Waals surface area contributed by atoms with Crippen LogP contribution in [-0.4, -0.2) is 44.4 Å². The van der Waals surface area contributed by atoms with Crippen LogP contribution in [0.4, 0.5) is 0 Å². The molecule has 0 aromatic heterocycles. The molecule has 0 spiro atoms. The molecule has 0 aliphatic heterocycles. The molecule has 0 fully saturated rings. The molecule has 2 N–H and O–H groups in total. The van der Waals surface area contributed by atoms with Gasteiger partial charge in [-0.1, -0.05) is 54.6 Å². The maximum absolute atomic E-state index is 12.7. The Morgan fingerprint density at radius 3 is 1.85 bits per heavy atom. The Bertz CT molecular complexity index is 1410. The van der Waals surface area contributed by atoms with Crippen molar-refractivity contribution in [2.45, 2.75) is 19.1 Å². The van der Waals surface area contributed by atoms with Gasteiger partial charge in [0.1, 0.15) is 18.4 Å². The Hall–Kier alpha value is -4.98. The van der Waals surface area contributed by atoms with E-state index in [1.54, 1.807) is 33.5 Å². The average Bonchev–Trinajstić information content (AvgIpc) is 2.99. The Morgan fingerprint density at radius 1 is 0.750 bits per heavy atom. The molecule has 0 heterocycles. The topological polar surface area (TPSA) is 103 Å². The Labute approximate surface area is 233 Å². The van der Waals surface area contributed by atoms with Crippen LogP contribution in [-0.2, 0) is 17.8 Å². The summed E-state index contributed by atoms with van der Waals surface area (Å²) in [5.74, 6) is 0.805. The van der Waals surface area contributed by atoms with Crippen LogP contribution < -0.4 is 24.3 Å². The van der Waals surface area contributed by atoms with E-state index in [2.05, 4.69) is 5.32 Å². The van der Waals surface area contributed by atoms with Gasteiger partial charge in [0.15, 0.2) is 11.5 Å². The lowest BCUT2D eigenvalue weighted by Crippen LogP contribution is -2.42. The number of carbonyl (C=O) groups excluding carboxylic acids is 1. The molecule has 8 heteroatoms. The van der Waals surface area contributed by atoms with Crippen LogP contribution in [0.5, 0.6) is 23.0 Å². The molecule has 1 atom stereocenters. The van der Waals surface area contributed by atoms with Gasteiger partial charge in [0.2, 0.25) is 5.75 Å². The van der Waals surface area contributed by atoms with Crippen molar-refractivity contribution in [3.63, 3.8) is 0 Å². The van der Waals surface area contributed by atoms with Crippen molar-refractivity contribution in [2.24, 2.45) is 0 Å². The van der Waals surface area contributed by atoms with Gasteiger partial charge in [-0.25, -0.2) is 4.79 Å². The van der Waals surface area contributed by atoms with Gasteiger partial charge < -0.3 is 29.4 Å². The van der Waals surface area contributed by atoms with Crippen molar-refractivity contribution < 1.29 is 33.6 Å². The van der Waals surface area contributed by atoms with Crippen LogP contribution >= 0.6 is 0 Å². The molecule has 8 nitrogen and oxygen atoms in total. The van der Waals surface area contributed by atoms with Crippen LogP contribution in [0, 0.1) is 0 Å². The second-order valence-electron chi connectivity index (χ2n) is 8.98. The summed E-state index contributed by atoms with van der Waals surface area (Å²) in [6.07, 6.45) is 0.202. The summed E-state index contributed by atoms with van der Waals surface area (Å²) in [7, 11) is 4.69. The predicted molar refractivity (Wildman–Crippen MR) is 151 cm³/mol. The first kappa shape index (κ1) is 28.0. The molecule has 0 radical (unpaired) electrons. The van der Waals surface area contributed by atoms with Crippen LogP contribution in [0.2, 0.25) is 0 Å². The van der Waals surface area contributed by atoms with E-state index >= 15 is 0 Å². The van der Waals surface area contributed by atoms with Gasteiger partial charge in [0.25, 0.3) is 5.91 Å². The molecule has 40 heavy (non-hydrogen) atoms. The first-order valence-corrected chi connectivity index (χ1v) is 12.6. The highest BCUT2D eigenvalue weighted by molar-refractivity contribution is 5.97. The van der Waals surface area contributed by atoms with E-state index in [0.717, 1.165) is 22.3 Å². The fourth-order valence-electron chi connectivity index (χ4n) is 4.23. The van der Waals surface area contributed by atoms with Crippen molar-refractivity contribution >= 4 is 11.9 Å². The number of amides is 1. The summed E-state index contributed by atoms with van der Waals surface area (Å²) < 4.78 is 22.1. The first-order chi connectivity index (χ1) is 19.4. The molecule has 4 rings (SSSR count). The minimum Gasteiger partial charge on any atom is -0.493 e. The standard InChI is InChI=1S/C32H31NO7/c1-37-28-18-22(19-29(38-2)30(28)39-3)20-40-26-15-13-24(14-16-26)23-9-11-25(12-10-23)31(34)33-27(32(35)36)17-21-7-5-4-6-8-21/h4-16,18-19,27H,17,20H2,1-3H3,(H,33,34)(H,35,36). The Kier molecular flexibility index (Phi) is 9.25. The zero-order valence-electron chi connectivity index (χ0n) is 22.5. The highest BCUT2D eigenvalue weighted by atomic mass is 16.5. The Morgan fingerprint density at radius 2 is 1.32 bits per heavy atom. The number of hydrogen-bond acceptors (Lipinski definition) is 6. The molecule has 0 aliphatic rings. The number of carboxylic acids is 1. The largest absolute Gasteiger partial charge is 0.493 e. The minimum absolute atomic E-state index is 0.202. The molecular weight excluding hydrogens is 510 g/mol. The van der Waals surface area contributed by atoms with Crippen LogP contribution in [0.1, 0.15) is 21.5 Å². The molecule has 4 aromatic rings. The van der Waals surface area contributed by atoms with Crippen molar-refractivity contribution in [2.75, 3.05) is 21.3 Å². The van der Waals surface area contributed by atoms with Crippen LogP contribution in [0.25, 0.3) is 11.1 Å². The third-order valence-corrected chi connectivity index (χ3v) is 6.35. The quantitative estimate of drug-likeness (QED) is 0.248. The van der Waals surface area contributed by atoms with Crippen LogP contribution in [0.3, 0.4) is 0 Å². The van der Waals surface area contributed by atoms with Gasteiger partial charge >= 0.3 is 5.97 Å². The fraction of sp³-hybridized carbons (Fsp3) is 0.188. The zero-order chi connectivity index (χ0) is 28.5.